The first-order chi connectivity index (χ1) is 2.73. The Labute approximate surface area is 62.2 Å². The summed E-state index contributed by atoms with van der Waals surface area (Å²) in [6, 6.07) is 0. The average molecular weight is 219 g/mol. The molecule has 0 bridgehead atoms. The van der Waals surface area contributed by atoms with E-state index >= 15 is 0 Å². The zero-order chi connectivity index (χ0) is 5.58. The molecule has 0 aromatic rings. The van der Waals surface area contributed by atoms with Gasteiger partial charge in [-0.05, 0) is 0 Å². The molecule has 0 saturated heterocycles. The van der Waals surface area contributed by atoms with Gasteiger partial charge in [-0.1, -0.05) is 0 Å². The van der Waals surface area contributed by atoms with Crippen LogP contribution in [0.2, 0.25) is 0 Å². The summed E-state index contributed by atoms with van der Waals surface area (Å²) in [5.41, 5.74) is 0. The van der Waals surface area contributed by atoms with Gasteiger partial charge in [-0.25, -0.2) is 4.79 Å². The summed E-state index contributed by atoms with van der Waals surface area (Å²) >= 11 is 0.306. The molecule has 0 amide bonds. The van der Waals surface area contributed by atoms with E-state index in [-0.39, 0.29) is 0 Å². The van der Waals surface area contributed by atoms with Crippen LogP contribution in [-0.4, -0.2) is 17.7 Å². The Morgan fingerprint density at radius 3 is 1.33 bits per heavy atom. The zero-order valence-electron chi connectivity index (χ0n) is 2.75. The van der Waals surface area contributed by atoms with E-state index in [1.807, 2.05) is 0 Å². The van der Waals surface area contributed by atoms with Crippen LogP contribution < -0.4 is 0 Å². The second-order valence-electron chi connectivity index (χ2n) is 0.283. The molecule has 0 aliphatic heterocycles. The van der Waals surface area contributed by atoms with E-state index in [1.165, 1.54) is 0 Å². The van der Waals surface area contributed by atoms with E-state index in [2.05, 4.69) is 0 Å². The molecular formula is CH3CeO4. The zero-order valence-corrected chi connectivity index (χ0v) is 5.89. The molecular weight excluding hydrogens is 216 g/mol. The summed E-state index contributed by atoms with van der Waals surface area (Å²) in [5, 5.41) is 13.9. The van der Waals surface area contributed by atoms with E-state index in [0.29, 0.717) is 40.2 Å². The predicted molar refractivity (Wildman–Crippen MR) is 12.9 cm³/mol. The molecule has 3 N–H and O–H groups in total. The summed E-state index contributed by atoms with van der Waals surface area (Å²) in [5.74, 6) is 0. The number of carbonyl (C=O) groups is 1. The van der Waals surface area contributed by atoms with Gasteiger partial charge < -0.3 is 10.2 Å². The van der Waals surface area contributed by atoms with E-state index < -0.39 is 6.16 Å². The average Bonchev–Trinajstić information content (AvgIpc) is 1.41. The molecule has 0 rings (SSSR count). The SMILES string of the molecule is O=C(O)O.[OH][Ce]. The fraction of sp³-hybridized carbons (Fsp3) is 0. The van der Waals surface area contributed by atoms with Gasteiger partial charge in [-0.15, -0.1) is 0 Å². The molecule has 0 heterocycles. The molecule has 0 aromatic carbocycles. The topological polar surface area (TPSA) is 77.8 Å². The molecule has 6 heavy (non-hydrogen) atoms. The number of rotatable bonds is 0. The minimum atomic E-state index is -1.83. The van der Waals surface area contributed by atoms with Gasteiger partial charge in [0.1, 0.15) is 0 Å². The van der Waals surface area contributed by atoms with Crippen LogP contribution in [-0.2, 0) is 0 Å². The van der Waals surface area contributed by atoms with Gasteiger partial charge in [0.05, 0.1) is 0 Å². The van der Waals surface area contributed by atoms with Crippen molar-refractivity contribution in [3.63, 3.8) is 0 Å². The van der Waals surface area contributed by atoms with Crippen LogP contribution in [0.3, 0.4) is 0 Å². The molecule has 0 fully saturated rings. The van der Waals surface area contributed by atoms with Crippen molar-refractivity contribution in [1.29, 1.82) is 0 Å². The third-order valence-corrected chi connectivity index (χ3v) is 0. The van der Waals surface area contributed by atoms with Crippen molar-refractivity contribution >= 4 is 6.16 Å². The number of hydrogen-bond donors (Lipinski definition) is 3. The molecule has 0 atom stereocenters. The van der Waals surface area contributed by atoms with Gasteiger partial charge in [-0.3, -0.25) is 0 Å². The maximum atomic E-state index is 8.56. The van der Waals surface area contributed by atoms with Crippen molar-refractivity contribution in [3.05, 3.63) is 0 Å². The summed E-state index contributed by atoms with van der Waals surface area (Å²) in [4.78, 5) is 8.56. The van der Waals surface area contributed by atoms with Crippen molar-refractivity contribution in [1.82, 2.24) is 0 Å². The molecule has 0 unspecified atom stereocenters. The first-order valence-electron chi connectivity index (χ1n) is 0.875. The Hall–Kier alpha value is 0.607. The van der Waals surface area contributed by atoms with Crippen LogP contribution in [0.25, 0.3) is 0 Å². The van der Waals surface area contributed by atoms with Crippen molar-refractivity contribution in [2.45, 2.75) is 0 Å². The fourth-order valence-corrected chi connectivity index (χ4v) is 0. The Morgan fingerprint density at radius 2 is 1.33 bits per heavy atom. The Morgan fingerprint density at radius 1 is 1.33 bits per heavy atom. The van der Waals surface area contributed by atoms with E-state index in [4.69, 9.17) is 16.3 Å². The summed E-state index contributed by atoms with van der Waals surface area (Å²) in [6.07, 6.45) is -1.83. The Balaban J connectivity index is 0. The number of hydrogen-bond acceptors (Lipinski definition) is 2. The normalized spacial score (nSPS) is 4.67. The van der Waals surface area contributed by atoms with Crippen molar-refractivity contribution in [2.24, 2.45) is 0 Å². The van der Waals surface area contributed by atoms with Crippen molar-refractivity contribution < 1.29 is 56.6 Å². The maximum absolute atomic E-state index is 8.56. The quantitative estimate of drug-likeness (QED) is 0.521. The Bertz CT molecular complexity index is 30.5. The first kappa shape index (κ1) is 9.79. The monoisotopic (exact) mass is 219 g/mol. The summed E-state index contributed by atoms with van der Waals surface area (Å²) in [6.45, 7) is 0. The third kappa shape index (κ3) is 163. The van der Waals surface area contributed by atoms with Gasteiger partial charge in [0, 0.05) is 0 Å². The second kappa shape index (κ2) is 9.15. The molecule has 4 nitrogen and oxygen atoms in total. The third-order valence-electron chi connectivity index (χ3n) is 0. The van der Waals surface area contributed by atoms with E-state index in [1.54, 1.807) is 0 Å². The van der Waals surface area contributed by atoms with Gasteiger partial charge >= 0.3 is 47.7 Å². The molecule has 0 aliphatic carbocycles. The summed E-state index contributed by atoms with van der Waals surface area (Å²) in [7, 11) is 0. The molecule has 35 valence electrons. The molecule has 0 radical (unpaired) electrons. The van der Waals surface area contributed by atoms with E-state index in [0.717, 1.165) is 0 Å². The van der Waals surface area contributed by atoms with Crippen LogP contribution in [0.5, 0.6) is 0 Å². The van der Waals surface area contributed by atoms with Crippen LogP contribution in [0.1, 0.15) is 0 Å². The molecule has 5 heteroatoms. The number of carboxylic acid groups (broad SMARTS) is 2. The van der Waals surface area contributed by atoms with Gasteiger partial charge in [0.25, 0.3) is 0 Å². The van der Waals surface area contributed by atoms with Gasteiger partial charge in [0.2, 0.25) is 0 Å². The first-order valence-corrected chi connectivity index (χ1v) is 2.28. The molecule has 0 spiro atoms. The standard InChI is InChI=1S/CH2O3.Ce.H2O/c2-1(3)4;;/h(H2,2,3,4);;1H2/q;+1;/p-1. The molecule has 0 saturated carbocycles. The molecule has 0 aromatic heterocycles. The predicted octanol–water partition coefficient (Wildman–Crippen LogP) is -0.335. The van der Waals surface area contributed by atoms with Gasteiger partial charge in [-0.2, -0.15) is 0 Å². The van der Waals surface area contributed by atoms with Crippen LogP contribution in [0, 0.1) is 40.2 Å². The summed E-state index contributed by atoms with van der Waals surface area (Å²) < 4.78 is 7.14. The fourth-order valence-electron chi connectivity index (χ4n) is 0. The Kier molecular flexibility index (Phi) is 14.9. The van der Waals surface area contributed by atoms with Crippen LogP contribution in [0.4, 0.5) is 4.79 Å². The van der Waals surface area contributed by atoms with Crippen molar-refractivity contribution in [2.75, 3.05) is 0 Å². The minimum absolute atomic E-state index is 0.306. The van der Waals surface area contributed by atoms with Gasteiger partial charge in [0.15, 0.2) is 0 Å². The second-order valence-corrected chi connectivity index (χ2v) is 0.283. The van der Waals surface area contributed by atoms with Crippen LogP contribution in [0.15, 0.2) is 0 Å². The van der Waals surface area contributed by atoms with E-state index in [9.17, 15) is 0 Å². The van der Waals surface area contributed by atoms with Crippen molar-refractivity contribution in [3.8, 4) is 0 Å². The molecule has 0 aliphatic rings. The van der Waals surface area contributed by atoms with Crippen LogP contribution >= 0.6 is 0 Å².